The zero-order chi connectivity index (χ0) is 20.6. The first-order chi connectivity index (χ1) is 13.9. The van der Waals surface area contributed by atoms with Crippen LogP contribution in [0.1, 0.15) is 48.7 Å². The number of hydrogen-bond donors (Lipinski definition) is 0. The molecule has 2 aliphatic heterocycles. The molecule has 2 atom stereocenters. The topological polar surface area (TPSA) is 73.1 Å². The summed E-state index contributed by atoms with van der Waals surface area (Å²) >= 11 is 0. The molecule has 0 unspecified atom stereocenters. The molecule has 0 saturated carbocycles. The second-order valence-electron chi connectivity index (χ2n) is 7.74. The van der Waals surface area contributed by atoms with E-state index in [0.717, 1.165) is 6.42 Å². The summed E-state index contributed by atoms with van der Waals surface area (Å²) in [5, 5.41) is 0. The monoisotopic (exact) mass is 391 g/mol. The predicted octanol–water partition coefficient (Wildman–Crippen LogP) is 3.69. The second kappa shape index (κ2) is 7.21. The molecule has 0 spiro atoms. The maximum atomic E-state index is 12.8. The Kier molecular flexibility index (Phi) is 4.71. The van der Waals surface area contributed by atoms with Crippen LogP contribution in [0.2, 0.25) is 0 Å². The second-order valence-corrected chi connectivity index (χ2v) is 7.74. The van der Waals surface area contributed by atoms with E-state index in [2.05, 4.69) is 9.83 Å². The molecule has 0 aliphatic carbocycles. The van der Waals surface area contributed by atoms with Crippen molar-refractivity contribution in [3.63, 3.8) is 0 Å². The molecule has 7 heteroatoms. The van der Waals surface area contributed by atoms with Crippen LogP contribution < -0.4 is 4.74 Å². The molecule has 3 heterocycles. The fourth-order valence-electron chi connectivity index (χ4n) is 3.98. The maximum absolute atomic E-state index is 12.8. The molecule has 0 radical (unpaired) electrons. The van der Waals surface area contributed by atoms with Crippen LogP contribution in [0.3, 0.4) is 0 Å². The Morgan fingerprint density at radius 2 is 2.21 bits per heavy atom. The first-order valence-electron chi connectivity index (χ1n) is 9.51. The van der Waals surface area contributed by atoms with E-state index in [0.29, 0.717) is 35.5 Å². The highest BCUT2D eigenvalue weighted by Crippen LogP contribution is 2.46. The molecule has 2 aromatic rings. The largest absolute Gasteiger partial charge is 0.484 e. The Morgan fingerprint density at radius 3 is 2.86 bits per heavy atom. The number of hydrogen-bond acceptors (Lipinski definition) is 5. The predicted molar refractivity (Wildman–Crippen MR) is 105 cm³/mol. The lowest BCUT2D eigenvalue weighted by atomic mass is 9.85. The molecular formula is C22H21N3O4. The standard InChI is InChI=1S/C22H21N3O4/c1-22(2)20(28-21(27)14-6-4-10-24-13-14)19(25-11-5-7-18(25)26)16-12-15(23-3)8-9-17(16)29-22/h4,6,8-10,12-13,19-20H,5,7,11H2,1-2H3/t19-,20+/m1/s1. The van der Waals surface area contributed by atoms with Crippen LogP contribution in [-0.2, 0) is 9.53 Å². The van der Waals surface area contributed by atoms with Crippen molar-refractivity contribution < 1.29 is 19.1 Å². The van der Waals surface area contributed by atoms with E-state index in [1.807, 2.05) is 13.8 Å². The van der Waals surface area contributed by atoms with E-state index in [9.17, 15) is 9.59 Å². The minimum absolute atomic E-state index is 0.00860. The molecule has 1 fully saturated rings. The van der Waals surface area contributed by atoms with Gasteiger partial charge in [-0.05, 0) is 44.5 Å². The van der Waals surface area contributed by atoms with Crippen molar-refractivity contribution in [3.8, 4) is 5.75 Å². The third-order valence-corrected chi connectivity index (χ3v) is 5.36. The molecule has 0 N–H and O–H groups in total. The van der Waals surface area contributed by atoms with Crippen LogP contribution in [-0.4, -0.2) is 40.0 Å². The Bertz CT molecular complexity index is 997. The Labute approximate surface area is 169 Å². The van der Waals surface area contributed by atoms with Gasteiger partial charge in [0.25, 0.3) is 0 Å². The molecule has 1 saturated heterocycles. The van der Waals surface area contributed by atoms with Crippen molar-refractivity contribution in [3.05, 3.63) is 65.3 Å². The summed E-state index contributed by atoms with van der Waals surface area (Å²) in [6.07, 6.45) is 3.49. The van der Waals surface area contributed by atoms with Gasteiger partial charge in [-0.3, -0.25) is 9.78 Å². The van der Waals surface area contributed by atoms with E-state index in [4.69, 9.17) is 16.0 Å². The summed E-state index contributed by atoms with van der Waals surface area (Å²) in [7, 11) is 0. The highest BCUT2D eigenvalue weighted by molar-refractivity contribution is 5.89. The summed E-state index contributed by atoms with van der Waals surface area (Å²) in [4.78, 5) is 34.7. The zero-order valence-corrected chi connectivity index (χ0v) is 16.3. The number of esters is 1. The van der Waals surface area contributed by atoms with Crippen LogP contribution in [0.25, 0.3) is 4.85 Å². The highest BCUT2D eigenvalue weighted by atomic mass is 16.6. The number of nitrogens with zero attached hydrogens (tertiary/aromatic N) is 3. The SMILES string of the molecule is [C-]#[N+]c1ccc2c(c1)[C@@H](N1CCCC1=O)[C@H](OC(=O)c1cccnc1)C(C)(C)O2. The number of pyridine rings is 1. The molecule has 0 bridgehead atoms. The van der Waals surface area contributed by atoms with Gasteiger partial charge in [0.2, 0.25) is 5.91 Å². The molecule has 1 aromatic heterocycles. The quantitative estimate of drug-likeness (QED) is 0.589. The number of benzene rings is 1. The van der Waals surface area contributed by atoms with Gasteiger partial charge in [-0.15, -0.1) is 0 Å². The minimum Gasteiger partial charge on any atom is -0.484 e. The molecule has 148 valence electrons. The fraction of sp³-hybridized carbons (Fsp3) is 0.364. The smallest absolute Gasteiger partial charge is 0.340 e. The van der Waals surface area contributed by atoms with Crippen LogP contribution >= 0.6 is 0 Å². The van der Waals surface area contributed by atoms with Crippen molar-refractivity contribution in [2.75, 3.05) is 6.54 Å². The first kappa shape index (κ1) is 18.9. The van der Waals surface area contributed by atoms with Gasteiger partial charge in [-0.1, -0.05) is 6.07 Å². The summed E-state index contributed by atoms with van der Waals surface area (Å²) in [6.45, 7) is 11.6. The van der Waals surface area contributed by atoms with Crippen LogP contribution in [0.4, 0.5) is 5.69 Å². The van der Waals surface area contributed by atoms with Crippen LogP contribution in [0.5, 0.6) is 5.75 Å². The molecule has 1 aromatic carbocycles. The zero-order valence-electron chi connectivity index (χ0n) is 16.3. The molecule has 7 nitrogen and oxygen atoms in total. The van der Waals surface area contributed by atoms with Gasteiger partial charge in [0.1, 0.15) is 17.4 Å². The summed E-state index contributed by atoms with van der Waals surface area (Å²) in [6, 6.07) is 7.93. The fourth-order valence-corrected chi connectivity index (χ4v) is 3.98. The van der Waals surface area contributed by atoms with Gasteiger partial charge in [0.15, 0.2) is 11.8 Å². The number of carbonyl (C=O) groups is 2. The van der Waals surface area contributed by atoms with Gasteiger partial charge in [0.05, 0.1) is 12.1 Å². The Morgan fingerprint density at radius 1 is 1.38 bits per heavy atom. The number of ether oxygens (including phenoxy) is 2. The first-order valence-corrected chi connectivity index (χ1v) is 9.51. The third-order valence-electron chi connectivity index (χ3n) is 5.36. The lowest BCUT2D eigenvalue weighted by molar-refractivity contribution is -0.140. The van der Waals surface area contributed by atoms with Crippen LogP contribution in [0.15, 0.2) is 42.7 Å². The molecular weight excluding hydrogens is 370 g/mol. The molecule has 2 aliphatic rings. The molecule has 29 heavy (non-hydrogen) atoms. The van der Waals surface area contributed by atoms with Crippen molar-refractivity contribution in [2.45, 2.75) is 44.4 Å². The van der Waals surface area contributed by atoms with Gasteiger partial charge < -0.3 is 14.4 Å². The average molecular weight is 391 g/mol. The van der Waals surface area contributed by atoms with E-state index in [-0.39, 0.29) is 5.91 Å². The Balaban J connectivity index is 1.79. The minimum atomic E-state index is -0.877. The van der Waals surface area contributed by atoms with Crippen LogP contribution in [0, 0.1) is 6.57 Å². The molecule has 4 rings (SSSR count). The third kappa shape index (κ3) is 3.42. The average Bonchev–Trinajstić information content (AvgIpc) is 3.14. The number of likely N-dealkylation sites (tertiary alicyclic amines) is 1. The van der Waals surface area contributed by atoms with Gasteiger partial charge >= 0.3 is 5.97 Å². The van der Waals surface area contributed by atoms with Crippen molar-refractivity contribution in [1.82, 2.24) is 9.88 Å². The summed E-state index contributed by atoms with van der Waals surface area (Å²) < 4.78 is 12.1. The number of carbonyl (C=O) groups excluding carboxylic acids is 2. The van der Waals surface area contributed by atoms with E-state index in [1.54, 1.807) is 41.4 Å². The number of fused-ring (bicyclic) bond motifs is 1. The van der Waals surface area contributed by atoms with Gasteiger partial charge in [0, 0.05) is 30.9 Å². The van der Waals surface area contributed by atoms with E-state index < -0.39 is 23.7 Å². The molecule has 1 amide bonds. The van der Waals surface area contributed by atoms with Gasteiger partial charge in [-0.2, -0.15) is 0 Å². The van der Waals surface area contributed by atoms with E-state index >= 15 is 0 Å². The van der Waals surface area contributed by atoms with Crippen molar-refractivity contribution in [2.24, 2.45) is 0 Å². The Hall–Kier alpha value is -3.40. The number of aromatic nitrogens is 1. The summed E-state index contributed by atoms with van der Waals surface area (Å²) in [5.74, 6) is 0.0799. The number of amides is 1. The van der Waals surface area contributed by atoms with E-state index in [1.165, 1.54) is 6.20 Å². The maximum Gasteiger partial charge on any atom is 0.340 e. The van der Waals surface area contributed by atoms with Crippen molar-refractivity contribution in [1.29, 1.82) is 0 Å². The normalized spacial score (nSPS) is 22.4. The lowest BCUT2D eigenvalue weighted by Crippen LogP contribution is -2.55. The lowest BCUT2D eigenvalue weighted by Gasteiger charge is -2.47. The summed E-state index contributed by atoms with van der Waals surface area (Å²) in [5.41, 5.74) is 0.589. The van der Waals surface area contributed by atoms with Crippen molar-refractivity contribution >= 4 is 17.6 Å². The van der Waals surface area contributed by atoms with Gasteiger partial charge in [-0.25, -0.2) is 9.64 Å². The number of rotatable bonds is 3. The highest BCUT2D eigenvalue weighted by Gasteiger charge is 2.50.